The van der Waals surface area contributed by atoms with E-state index in [1.54, 1.807) is 0 Å². The summed E-state index contributed by atoms with van der Waals surface area (Å²) in [5.41, 5.74) is 0. The summed E-state index contributed by atoms with van der Waals surface area (Å²) in [5, 5.41) is 0. The summed E-state index contributed by atoms with van der Waals surface area (Å²) in [4.78, 5) is 24.7. The van der Waals surface area contributed by atoms with Gasteiger partial charge >= 0.3 is 6.09 Å². The number of hydrogen-bond donors (Lipinski definition) is 0. The number of cyclic esters (lactones) is 1. The molecule has 1 aliphatic heterocycles. The van der Waals surface area contributed by atoms with Crippen LogP contribution >= 0.6 is 0 Å². The first-order valence-corrected chi connectivity index (χ1v) is 5.48. The quantitative estimate of drug-likeness (QED) is 0.720. The Bertz CT molecular complexity index is 263. The summed E-state index contributed by atoms with van der Waals surface area (Å²) < 4.78 is 4.92. The van der Waals surface area contributed by atoms with Crippen LogP contribution in [0, 0.1) is 11.8 Å². The summed E-state index contributed by atoms with van der Waals surface area (Å²) in [6, 6.07) is -0.0981. The van der Waals surface area contributed by atoms with E-state index in [-0.39, 0.29) is 23.8 Å². The monoisotopic (exact) mass is 213 g/mol. The second kappa shape index (κ2) is 4.64. The Morgan fingerprint density at radius 1 is 1.53 bits per heavy atom. The second-order valence-corrected chi connectivity index (χ2v) is 4.41. The predicted octanol–water partition coefficient (Wildman–Crippen LogP) is 2.04. The van der Waals surface area contributed by atoms with Gasteiger partial charge in [-0.05, 0) is 12.3 Å². The molecule has 1 aliphatic rings. The fourth-order valence-electron chi connectivity index (χ4n) is 1.59. The molecule has 0 spiro atoms. The smallest absolute Gasteiger partial charge is 0.416 e. The molecule has 15 heavy (non-hydrogen) atoms. The Morgan fingerprint density at radius 2 is 2.13 bits per heavy atom. The maximum absolute atomic E-state index is 11.9. The molecule has 0 aliphatic carbocycles. The Balaban J connectivity index is 2.80. The number of nitrogens with zero attached hydrogens (tertiary/aromatic N) is 1. The molecule has 1 fully saturated rings. The Kier molecular flexibility index (Phi) is 3.72. The first-order chi connectivity index (χ1) is 6.99. The first-order valence-electron chi connectivity index (χ1n) is 5.48. The van der Waals surface area contributed by atoms with Crippen LogP contribution < -0.4 is 0 Å². The van der Waals surface area contributed by atoms with Gasteiger partial charge in [0, 0.05) is 5.92 Å². The van der Waals surface area contributed by atoms with Gasteiger partial charge in [0.2, 0.25) is 5.91 Å². The van der Waals surface area contributed by atoms with Crippen molar-refractivity contribution in [1.82, 2.24) is 4.90 Å². The third-order valence-corrected chi connectivity index (χ3v) is 2.95. The predicted molar refractivity (Wildman–Crippen MR) is 56.3 cm³/mol. The average molecular weight is 213 g/mol. The molecule has 2 amide bonds. The summed E-state index contributed by atoms with van der Waals surface area (Å²) >= 11 is 0. The van der Waals surface area contributed by atoms with E-state index in [9.17, 15) is 9.59 Å². The molecule has 86 valence electrons. The van der Waals surface area contributed by atoms with Gasteiger partial charge in [-0.25, -0.2) is 9.69 Å². The zero-order valence-corrected chi connectivity index (χ0v) is 9.82. The van der Waals surface area contributed by atoms with Crippen LogP contribution in [0.3, 0.4) is 0 Å². The molecule has 0 unspecified atom stereocenters. The van der Waals surface area contributed by atoms with Gasteiger partial charge in [-0.15, -0.1) is 0 Å². The lowest BCUT2D eigenvalue weighted by Crippen LogP contribution is -2.44. The van der Waals surface area contributed by atoms with Crippen molar-refractivity contribution in [2.75, 3.05) is 6.61 Å². The number of carbonyl (C=O) groups is 2. The van der Waals surface area contributed by atoms with Crippen molar-refractivity contribution in [1.29, 1.82) is 0 Å². The van der Waals surface area contributed by atoms with Crippen molar-refractivity contribution in [3.05, 3.63) is 0 Å². The van der Waals surface area contributed by atoms with E-state index in [2.05, 4.69) is 0 Å². The molecular weight excluding hydrogens is 194 g/mol. The van der Waals surface area contributed by atoms with Gasteiger partial charge in [-0.3, -0.25) is 4.79 Å². The number of ether oxygens (including phenoxy) is 1. The van der Waals surface area contributed by atoms with Crippen molar-refractivity contribution in [2.45, 2.75) is 40.2 Å². The summed E-state index contributed by atoms with van der Waals surface area (Å²) in [7, 11) is 0. The van der Waals surface area contributed by atoms with Gasteiger partial charge in [0.25, 0.3) is 0 Å². The minimum atomic E-state index is -0.487. The fourth-order valence-corrected chi connectivity index (χ4v) is 1.59. The first kappa shape index (κ1) is 12.0. The van der Waals surface area contributed by atoms with E-state index in [1.165, 1.54) is 4.90 Å². The van der Waals surface area contributed by atoms with Gasteiger partial charge in [-0.2, -0.15) is 0 Å². The van der Waals surface area contributed by atoms with Gasteiger partial charge in [-0.1, -0.05) is 27.7 Å². The lowest BCUT2D eigenvalue weighted by atomic mass is 10.0. The average Bonchev–Trinajstić information content (AvgIpc) is 2.58. The normalized spacial score (nSPS) is 23.1. The van der Waals surface area contributed by atoms with Crippen molar-refractivity contribution < 1.29 is 14.3 Å². The van der Waals surface area contributed by atoms with Crippen LogP contribution in [0.15, 0.2) is 0 Å². The van der Waals surface area contributed by atoms with Crippen LogP contribution in [0.5, 0.6) is 0 Å². The molecule has 0 aromatic carbocycles. The van der Waals surface area contributed by atoms with Crippen molar-refractivity contribution in [3.8, 4) is 0 Å². The largest absolute Gasteiger partial charge is 0.447 e. The van der Waals surface area contributed by atoms with Crippen LogP contribution in [-0.2, 0) is 9.53 Å². The Morgan fingerprint density at radius 3 is 2.60 bits per heavy atom. The van der Waals surface area contributed by atoms with E-state index < -0.39 is 6.09 Å². The van der Waals surface area contributed by atoms with Gasteiger partial charge < -0.3 is 4.74 Å². The zero-order chi connectivity index (χ0) is 11.6. The second-order valence-electron chi connectivity index (χ2n) is 4.41. The Labute approximate surface area is 90.6 Å². The molecule has 1 rings (SSSR count). The van der Waals surface area contributed by atoms with Crippen molar-refractivity contribution in [2.24, 2.45) is 11.8 Å². The SMILES string of the molecule is CC[C@H](C)C(=O)N1C(=O)OC[C@@H]1C(C)C. The highest BCUT2D eigenvalue weighted by Gasteiger charge is 2.40. The molecular formula is C11H19NO3. The van der Waals surface area contributed by atoms with Crippen molar-refractivity contribution in [3.63, 3.8) is 0 Å². The molecule has 2 atom stereocenters. The molecule has 0 saturated carbocycles. The molecule has 0 aromatic heterocycles. The summed E-state index contributed by atoms with van der Waals surface area (Å²) in [5.74, 6) is 0.0139. The zero-order valence-electron chi connectivity index (χ0n) is 9.82. The highest BCUT2D eigenvalue weighted by molar-refractivity contribution is 5.94. The number of imide groups is 1. The lowest BCUT2D eigenvalue weighted by Gasteiger charge is -2.24. The van der Waals surface area contributed by atoms with Crippen LogP contribution in [-0.4, -0.2) is 29.5 Å². The lowest BCUT2D eigenvalue weighted by molar-refractivity contribution is -0.133. The molecule has 0 N–H and O–H groups in total. The Hall–Kier alpha value is -1.06. The standard InChI is InChI=1S/C11H19NO3/c1-5-8(4)10(13)12-9(7(2)3)6-15-11(12)14/h7-9H,5-6H2,1-4H3/t8-,9+/m0/s1. The van der Waals surface area contributed by atoms with Gasteiger partial charge in [0.15, 0.2) is 0 Å². The molecule has 4 heteroatoms. The fraction of sp³-hybridized carbons (Fsp3) is 0.818. The van der Waals surface area contributed by atoms with E-state index in [0.29, 0.717) is 6.61 Å². The minimum absolute atomic E-state index is 0.0981. The molecule has 1 heterocycles. The molecule has 1 saturated heterocycles. The van der Waals surface area contributed by atoms with E-state index in [4.69, 9.17) is 4.74 Å². The topological polar surface area (TPSA) is 46.6 Å². The third kappa shape index (κ3) is 2.30. The summed E-state index contributed by atoms with van der Waals surface area (Å²) in [6.07, 6.45) is 0.256. The molecule has 0 aromatic rings. The molecule has 4 nitrogen and oxygen atoms in total. The highest BCUT2D eigenvalue weighted by atomic mass is 16.6. The minimum Gasteiger partial charge on any atom is -0.447 e. The number of amides is 2. The van der Waals surface area contributed by atoms with Crippen LogP contribution in [0.25, 0.3) is 0 Å². The molecule has 0 bridgehead atoms. The van der Waals surface area contributed by atoms with Gasteiger partial charge in [0.05, 0.1) is 6.04 Å². The maximum atomic E-state index is 11.9. The van der Waals surface area contributed by atoms with E-state index in [1.807, 2.05) is 27.7 Å². The van der Waals surface area contributed by atoms with Crippen LogP contribution in [0.4, 0.5) is 4.79 Å². The van der Waals surface area contributed by atoms with Crippen molar-refractivity contribution >= 4 is 12.0 Å². The van der Waals surface area contributed by atoms with Gasteiger partial charge in [0.1, 0.15) is 6.61 Å². The number of carbonyl (C=O) groups excluding carboxylic acids is 2. The number of hydrogen-bond acceptors (Lipinski definition) is 3. The van der Waals surface area contributed by atoms with E-state index in [0.717, 1.165) is 6.42 Å². The number of rotatable bonds is 3. The summed E-state index contributed by atoms with van der Waals surface area (Å²) in [6.45, 7) is 8.09. The molecule has 0 radical (unpaired) electrons. The highest BCUT2D eigenvalue weighted by Crippen LogP contribution is 2.22. The third-order valence-electron chi connectivity index (χ3n) is 2.95. The maximum Gasteiger partial charge on any atom is 0.416 e. The van der Waals surface area contributed by atoms with Crippen LogP contribution in [0.2, 0.25) is 0 Å². The van der Waals surface area contributed by atoms with Crippen LogP contribution in [0.1, 0.15) is 34.1 Å². The van der Waals surface area contributed by atoms with E-state index >= 15 is 0 Å².